The minimum Gasteiger partial charge on any atom is -0.469 e. The van der Waals surface area contributed by atoms with Gasteiger partial charge in [-0.25, -0.2) is 0 Å². The molecule has 1 aliphatic carbocycles. The molecule has 0 fully saturated rings. The van der Waals surface area contributed by atoms with Crippen LogP contribution in [0.2, 0.25) is 5.02 Å². The van der Waals surface area contributed by atoms with Crippen LogP contribution in [-0.4, -0.2) is 13.1 Å². The first kappa shape index (κ1) is 11.9. The lowest BCUT2D eigenvalue weighted by atomic mass is 9.84. The lowest BCUT2D eigenvalue weighted by Crippen LogP contribution is -2.24. The second-order valence-corrected chi connectivity index (χ2v) is 5.31. The normalized spacial score (nSPS) is 19.1. The predicted octanol–water partition coefficient (Wildman–Crippen LogP) is 3.38. The Labute approximate surface area is 108 Å². The number of esters is 1. The summed E-state index contributed by atoms with van der Waals surface area (Å²) in [4.78, 5) is 11.5. The maximum Gasteiger partial charge on any atom is 0.309 e. The number of hydrogen-bond acceptors (Lipinski definition) is 2. The zero-order valence-electron chi connectivity index (χ0n) is 8.93. The Morgan fingerprint density at radius 3 is 3.00 bits per heavy atom. The fourth-order valence-electron chi connectivity index (χ4n) is 2.15. The van der Waals surface area contributed by atoms with Crippen LogP contribution in [0.4, 0.5) is 0 Å². The van der Waals surface area contributed by atoms with Crippen molar-refractivity contribution in [2.75, 3.05) is 7.11 Å². The number of carbonyl (C=O) groups is 1. The largest absolute Gasteiger partial charge is 0.469 e. The molecule has 0 aromatic heterocycles. The molecule has 0 radical (unpaired) electrons. The molecular formula is C12H12BrClO2. The van der Waals surface area contributed by atoms with Gasteiger partial charge in [0.2, 0.25) is 0 Å². The van der Waals surface area contributed by atoms with Crippen LogP contribution in [0.25, 0.3) is 0 Å². The van der Waals surface area contributed by atoms with Gasteiger partial charge >= 0.3 is 5.97 Å². The van der Waals surface area contributed by atoms with E-state index in [-0.39, 0.29) is 11.9 Å². The van der Waals surface area contributed by atoms with Crippen molar-refractivity contribution in [1.29, 1.82) is 0 Å². The average molecular weight is 304 g/mol. The monoisotopic (exact) mass is 302 g/mol. The van der Waals surface area contributed by atoms with Gasteiger partial charge in [-0.2, -0.15) is 0 Å². The van der Waals surface area contributed by atoms with Crippen molar-refractivity contribution in [2.45, 2.75) is 19.3 Å². The SMILES string of the molecule is COC(=O)C1CCc2cc(Br)cc(Cl)c2C1. The highest BCUT2D eigenvalue weighted by molar-refractivity contribution is 9.10. The van der Waals surface area contributed by atoms with E-state index < -0.39 is 0 Å². The van der Waals surface area contributed by atoms with Crippen LogP contribution in [0.3, 0.4) is 0 Å². The Kier molecular flexibility index (Phi) is 3.55. The third-order valence-corrected chi connectivity index (χ3v) is 3.79. The zero-order chi connectivity index (χ0) is 11.7. The van der Waals surface area contributed by atoms with Crippen molar-refractivity contribution in [1.82, 2.24) is 0 Å². The van der Waals surface area contributed by atoms with Gasteiger partial charge in [0.15, 0.2) is 0 Å². The third kappa shape index (κ3) is 2.25. The highest BCUT2D eigenvalue weighted by Crippen LogP contribution is 2.33. The molecule has 16 heavy (non-hydrogen) atoms. The van der Waals surface area contributed by atoms with Crippen LogP contribution >= 0.6 is 27.5 Å². The highest BCUT2D eigenvalue weighted by Gasteiger charge is 2.26. The first-order chi connectivity index (χ1) is 7.61. The van der Waals surface area contributed by atoms with Crippen LogP contribution in [0.15, 0.2) is 16.6 Å². The van der Waals surface area contributed by atoms with E-state index in [0.717, 1.165) is 27.9 Å². The standard InChI is InChI=1S/C12H12BrClO2/c1-16-12(15)8-3-2-7-4-9(13)6-11(14)10(7)5-8/h4,6,8H,2-3,5H2,1H3. The van der Waals surface area contributed by atoms with Gasteiger partial charge < -0.3 is 4.74 Å². The van der Waals surface area contributed by atoms with Crippen LogP contribution in [0.1, 0.15) is 17.5 Å². The van der Waals surface area contributed by atoms with Gasteiger partial charge in [-0.1, -0.05) is 27.5 Å². The Hall–Kier alpha value is -0.540. The maximum atomic E-state index is 11.5. The molecule has 2 rings (SSSR count). The highest BCUT2D eigenvalue weighted by atomic mass is 79.9. The molecule has 0 N–H and O–H groups in total. The first-order valence-electron chi connectivity index (χ1n) is 5.16. The van der Waals surface area contributed by atoms with Crippen molar-refractivity contribution < 1.29 is 9.53 Å². The van der Waals surface area contributed by atoms with Crippen LogP contribution < -0.4 is 0 Å². The van der Waals surface area contributed by atoms with Crippen LogP contribution in [-0.2, 0) is 22.4 Å². The van der Waals surface area contributed by atoms with Gasteiger partial charge in [-0.05, 0) is 42.5 Å². The summed E-state index contributed by atoms with van der Waals surface area (Å²) in [6, 6.07) is 3.95. The van der Waals surface area contributed by atoms with E-state index >= 15 is 0 Å². The molecule has 1 atom stereocenters. The quantitative estimate of drug-likeness (QED) is 0.744. The fraction of sp³-hybridized carbons (Fsp3) is 0.417. The molecule has 0 saturated carbocycles. The summed E-state index contributed by atoms with van der Waals surface area (Å²) in [6.45, 7) is 0. The maximum absolute atomic E-state index is 11.5. The molecule has 0 spiro atoms. The van der Waals surface area contributed by atoms with E-state index in [1.165, 1.54) is 12.7 Å². The lowest BCUT2D eigenvalue weighted by molar-refractivity contribution is -0.145. The Morgan fingerprint density at radius 1 is 1.56 bits per heavy atom. The smallest absolute Gasteiger partial charge is 0.309 e. The molecule has 1 aliphatic rings. The van der Waals surface area contributed by atoms with E-state index in [4.69, 9.17) is 16.3 Å². The van der Waals surface area contributed by atoms with Crippen LogP contribution in [0.5, 0.6) is 0 Å². The molecule has 0 bridgehead atoms. The average Bonchev–Trinajstić information content (AvgIpc) is 2.27. The topological polar surface area (TPSA) is 26.3 Å². The van der Waals surface area contributed by atoms with Crippen molar-refractivity contribution >= 4 is 33.5 Å². The Morgan fingerprint density at radius 2 is 2.31 bits per heavy atom. The molecule has 0 heterocycles. The minimum atomic E-state index is -0.135. The van der Waals surface area contributed by atoms with Gasteiger partial charge in [-0.15, -0.1) is 0 Å². The van der Waals surface area contributed by atoms with E-state index in [1.54, 1.807) is 0 Å². The molecule has 0 saturated heterocycles. The summed E-state index contributed by atoms with van der Waals surface area (Å²) in [5, 5.41) is 0.734. The molecule has 2 nitrogen and oxygen atoms in total. The van der Waals surface area contributed by atoms with Gasteiger partial charge in [0.25, 0.3) is 0 Å². The third-order valence-electron chi connectivity index (χ3n) is 3.00. The molecule has 4 heteroatoms. The van der Waals surface area contributed by atoms with Gasteiger partial charge in [-0.3, -0.25) is 4.79 Å². The second-order valence-electron chi connectivity index (χ2n) is 3.99. The molecule has 0 amide bonds. The number of halogens is 2. The van der Waals surface area contributed by atoms with E-state index in [0.29, 0.717) is 6.42 Å². The summed E-state index contributed by atoms with van der Waals surface area (Å²) in [7, 11) is 1.43. The Balaban J connectivity index is 2.30. The number of hydrogen-bond donors (Lipinski definition) is 0. The molecule has 1 unspecified atom stereocenters. The summed E-state index contributed by atoms with van der Waals surface area (Å²) < 4.78 is 5.77. The number of rotatable bonds is 1. The summed E-state index contributed by atoms with van der Waals surface area (Å²) >= 11 is 9.60. The van der Waals surface area contributed by atoms with Crippen LogP contribution in [0, 0.1) is 5.92 Å². The number of carbonyl (C=O) groups excluding carboxylic acids is 1. The van der Waals surface area contributed by atoms with E-state index in [1.807, 2.05) is 6.07 Å². The van der Waals surface area contributed by atoms with Gasteiger partial charge in [0.05, 0.1) is 13.0 Å². The number of ether oxygens (including phenoxy) is 1. The predicted molar refractivity (Wildman–Crippen MR) is 66.7 cm³/mol. The first-order valence-corrected chi connectivity index (χ1v) is 6.33. The van der Waals surface area contributed by atoms with E-state index in [2.05, 4.69) is 22.0 Å². The number of fused-ring (bicyclic) bond motifs is 1. The van der Waals surface area contributed by atoms with Gasteiger partial charge in [0.1, 0.15) is 0 Å². The van der Waals surface area contributed by atoms with Crippen molar-refractivity contribution in [2.24, 2.45) is 5.92 Å². The summed E-state index contributed by atoms with van der Waals surface area (Å²) in [6.07, 6.45) is 2.41. The zero-order valence-corrected chi connectivity index (χ0v) is 11.3. The molecule has 1 aromatic rings. The van der Waals surface area contributed by atoms with Crippen molar-refractivity contribution in [3.8, 4) is 0 Å². The molecule has 0 aliphatic heterocycles. The second kappa shape index (κ2) is 4.76. The molecule has 1 aromatic carbocycles. The summed E-state index contributed by atoms with van der Waals surface area (Å²) in [5.74, 6) is -0.180. The molecule has 86 valence electrons. The molecular weight excluding hydrogens is 291 g/mol. The van der Waals surface area contributed by atoms with E-state index in [9.17, 15) is 4.79 Å². The summed E-state index contributed by atoms with van der Waals surface area (Å²) in [5.41, 5.74) is 2.33. The fourth-order valence-corrected chi connectivity index (χ4v) is 3.11. The minimum absolute atomic E-state index is 0.0452. The number of aryl methyl sites for hydroxylation is 1. The van der Waals surface area contributed by atoms with Crippen molar-refractivity contribution in [3.63, 3.8) is 0 Å². The lowest BCUT2D eigenvalue weighted by Gasteiger charge is -2.23. The Bertz CT molecular complexity index is 431. The number of methoxy groups -OCH3 is 1. The van der Waals surface area contributed by atoms with Gasteiger partial charge in [0, 0.05) is 9.50 Å². The number of benzene rings is 1. The van der Waals surface area contributed by atoms with Crippen molar-refractivity contribution in [3.05, 3.63) is 32.8 Å².